The molecule has 1 fully saturated rings. The predicted molar refractivity (Wildman–Crippen MR) is 118 cm³/mol. The molecule has 2 aromatic carbocycles. The van der Waals surface area contributed by atoms with Crippen LogP contribution in [0.3, 0.4) is 0 Å². The van der Waals surface area contributed by atoms with Crippen molar-refractivity contribution in [3.63, 3.8) is 0 Å². The van der Waals surface area contributed by atoms with E-state index in [2.05, 4.69) is 19.1 Å². The summed E-state index contributed by atoms with van der Waals surface area (Å²) in [5.41, 5.74) is 3.34. The lowest BCUT2D eigenvalue weighted by molar-refractivity contribution is -0.113. The molecule has 0 bridgehead atoms. The van der Waals surface area contributed by atoms with Gasteiger partial charge in [0.25, 0.3) is 5.91 Å². The van der Waals surface area contributed by atoms with E-state index in [1.165, 1.54) is 24.4 Å². The molecule has 4 nitrogen and oxygen atoms in total. The number of benzene rings is 2. The Morgan fingerprint density at radius 1 is 1.14 bits per heavy atom. The molecular formula is C22H21NO3S2. The summed E-state index contributed by atoms with van der Waals surface area (Å²) in [5, 5.41) is 0. The highest BCUT2D eigenvalue weighted by Crippen LogP contribution is 2.36. The van der Waals surface area contributed by atoms with Gasteiger partial charge in [-0.15, -0.1) is 0 Å². The van der Waals surface area contributed by atoms with Gasteiger partial charge in [0.05, 0.1) is 23.3 Å². The Morgan fingerprint density at radius 3 is 2.43 bits per heavy atom. The summed E-state index contributed by atoms with van der Waals surface area (Å²) in [4.78, 5) is 26.5. The van der Waals surface area contributed by atoms with E-state index >= 15 is 0 Å². The van der Waals surface area contributed by atoms with Gasteiger partial charge in [0.1, 0.15) is 0 Å². The van der Waals surface area contributed by atoms with Crippen LogP contribution in [-0.2, 0) is 16.0 Å². The maximum absolute atomic E-state index is 12.9. The lowest BCUT2D eigenvalue weighted by Crippen LogP contribution is -2.27. The fourth-order valence-corrected chi connectivity index (χ4v) is 4.17. The minimum atomic E-state index is -0.389. The lowest BCUT2D eigenvalue weighted by Gasteiger charge is -2.15. The Morgan fingerprint density at radius 2 is 1.82 bits per heavy atom. The summed E-state index contributed by atoms with van der Waals surface area (Å²) >= 11 is 6.71. The highest BCUT2D eigenvalue weighted by atomic mass is 32.2. The van der Waals surface area contributed by atoms with Gasteiger partial charge in [-0.1, -0.05) is 61.6 Å². The molecule has 0 N–H and O–H groups in total. The molecule has 1 aliphatic rings. The zero-order valence-corrected chi connectivity index (χ0v) is 17.4. The van der Waals surface area contributed by atoms with Crippen molar-refractivity contribution in [1.82, 2.24) is 0 Å². The maximum atomic E-state index is 12.9. The van der Waals surface area contributed by atoms with Crippen LogP contribution in [0.25, 0.3) is 6.08 Å². The third kappa shape index (κ3) is 4.51. The first-order chi connectivity index (χ1) is 13.5. The van der Waals surface area contributed by atoms with E-state index in [-0.39, 0.29) is 11.9 Å². The quantitative estimate of drug-likeness (QED) is 0.370. The van der Waals surface area contributed by atoms with Gasteiger partial charge in [-0.25, -0.2) is 4.79 Å². The molecule has 1 saturated heterocycles. The van der Waals surface area contributed by atoms with Crippen LogP contribution in [0.4, 0.5) is 5.69 Å². The third-order valence-corrected chi connectivity index (χ3v) is 5.74. The zero-order valence-electron chi connectivity index (χ0n) is 15.8. The van der Waals surface area contributed by atoms with E-state index in [0.717, 1.165) is 30.5 Å². The van der Waals surface area contributed by atoms with Crippen LogP contribution in [-0.4, -0.2) is 23.3 Å². The van der Waals surface area contributed by atoms with Crippen molar-refractivity contribution >= 4 is 51.9 Å². The number of nitrogens with zero attached hydrogens (tertiary/aromatic N) is 1. The number of amides is 1. The molecule has 28 heavy (non-hydrogen) atoms. The molecule has 6 heteroatoms. The standard InChI is InChI=1S/C22H21NO3S2/c1-3-4-5-15-8-12-18(13-9-15)23-20(24)19(28-22(23)27)14-16-6-10-17(11-7-16)21(25)26-2/h6-14H,3-5H2,1-2H3. The van der Waals surface area contributed by atoms with Crippen molar-refractivity contribution in [3.8, 4) is 0 Å². The fourth-order valence-electron chi connectivity index (χ4n) is 2.87. The number of methoxy groups -OCH3 is 1. The maximum Gasteiger partial charge on any atom is 0.337 e. The monoisotopic (exact) mass is 411 g/mol. The van der Waals surface area contributed by atoms with Crippen molar-refractivity contribution in [2.45, 2.75) is 26.2 Å². The van der Waals surface area contributed by atoms with Gasteiger partial charge in [-0.05, 0) is 54.3 Å². The minimum Gasteiger partial charge on any atom is -0.465 e. The van der Waals surface area contributed by atoms with Crippen molar-refractivity contribution in [3.05, 3.63) is 70.1 Å². The van der Waals surface area contributed by atoms with Gasteiger partial charge < -0.3 is 4.74 Å². The van der Waals surface area contributed by atoms with Crippen LogP contribution < -0.4 is 4.90 Å². The predicted octanol–water partition coefficient (Wildman–Crippen LogP) is 5.22. The molecule has 0 spiro atoms. The first-order valence-electron chi connectivity index (χ1n) is 9.08. The van der Waals surface area contributed by atoms with Crippen LogP contribution in [0, 0.1) is 0 Å². The van der Waals surface area contributed by atoms with Gasteiger partial charge in [-0.2, -0.15) is 0 Å². The smallest absolute Gasteiger partial charge is 0.337 e. The summed E-state index contributed by atoms with van der Waals surface area (Å²) in [5.74, 6) is -0.520. The molecule has 0 aromatic heterocycles. The zero-order chi connectivity index (χ0) is 20.1. The van der Waals surface area contributed by atoms with Crippen LogP contribution >= 0.6 is 24.0 Å². The molecule has 0 radical (unpaired) electrons. The number of hydrogen-bond donors (Lipinski definition) is 0. The SMILES string of the molecule is CCCCc1ccc(N2C(=O)C(=Cc3ccc(C(=O)OC)cc3)SC2=S)cc1. The summed E-state index contributed by atoms with van der Waals surface area (Å²) < 4.78 is 5.21. The number of carbonyl (C=O) groups is 2. The molecule has 2 aromatic rings. The number of rotatable bonds is 6. The van der Waals surface area contributed by atoms with Crippen molar-refractivity contribution < 1.29 is 14.3 Å². The Balaban J connectivity index is 1.77. The Kier molecular flexibility index (Phi) is 6.65. The fraction of sp³-hybridized carbons (Fsp3) is 0.227. The Bertz CT molecular complexity index is 918. The molecular weight excluding hydrogens is 390 g/mol. The highest BCUT2D eigenvalue weighted by molar-refractivity contribution is 8.27. The van der Waals surface area contributed by atoms with Gasteiger partial charge in [0.15, 0.2) is 4.32 Å². The van der Waals surface area contributed by atoms with Crippen LogP contribution in [0.2, 0.25) is 0 Å². The molecule has 3 rings (SSSR count). The van der Waals surface area contributed by atoms with Crippen LogP contribution in [0.1, 0.15) is 41.3 Å². The van der Waals surface area contributed by atoms with Gasteiger partial charge in [-0.3, -0.25) is 9.69 Å². The van der Waals surface area contributed by atoms with E-state index in [0.29, 0.717) is 14.8 Å². The summed E-state index contributed by atoms with van der Waals surface area (Å²) in [6, 6.07) is 14.9. The summed E-state index contributed by atoms with van der Waals surface area (Å²) in [6.45, 7) is 2.17. The van der Waals surface area contributed by atoms with E-state index in [1.807, 2.05) is 12.1 Å². The largest absolute Gasteiger partial charge is 0.465 e. The number of aryl methyl sites for hydroxylation is 1. The van der Waals surface area contributed by atoms with Crippen LogP contribution in [0.15, 0.2) is 53.4 Å². The minimum absolute atomic E-state index is 0.131. The molecule has 1 amide bonds. The number of carbonyl (C=O) groups excluding carboxylic acids is 2. The number of ether oxygens (including phenoxy) is 1. The molecule has 0 unspecified atom stereocenters. The number of esters is 1. The second-order valence-electron chi connectivity index (χ2n) is 6.40. The highest BCUT2D eigenvalue weighted by Gasteiger charge is 2.33. The van der Waals surface area contributed by atoms with E-state index in [1.54, 1.807) is 35.2 Å². The summed E-state index contributed by atoms with van der Waals surface area (Å²) in [7, 11) is 1.35. The van der Waals surface area contributed by atoms with Gasteiger partial charge >= 0.3 is 5.97 Å². The summed E-state index contributed by atoms with van der Waals surface area (Å²) in [6.07, 6.45) is 5.13. The average Bonchev–Trinajstić information content (AvgIpc) is 3.00. The Labute approximate surface area is 174 Å². The molecule has 1 heterocycles. The molecule has 144 valence electrons. The molecule has 0 atom stereocenters. The number of hydrogen-bond acceptors (Lipinski definition) is 5. The number of unbranched alkanes of at least 4 members (excludes halogenated alkanes) is 1. The van der Waals surface area contributed by atoms with Crippen molar-refractivity contribution in [1.29, 1.82) is 0 Å². The lowest BCUT2D eigenvalue weighted by atomic mass is 10.1. The van der Waals surface area contributed by atoms with Crippen LogP contribution in [0.5, 0.6) is 0 Å². The first-order valence-corrected chi connectivity index (χ1v) is 10.3. The number of anilines is 1. The van der Waals surface area contributed by atoms with Gasteiger partial charge in [0.2, 0.25) is 0 Å². The van der Waals surface area contributed by atoms with E-state index in [4.69, 9.17) is 17.0 Å². The molecule has 0 saturated carbocycles. The normalized spacial score (nSPS) is 15.4. The second-order valence-corrected chi connectivity index (χ2v) is 8.08. The van der Waals surface area contributed by atoms with Crippen molar-refractivity contribution in [2.24, 2.45) is 0 Å². The third-order valence-electron chi connectivity index (χ3n) is 4.44. The van der Waals surface area contributed by atoms with Gasteiger partial charge in [0, 0.05) is 0 Å². The number of thiocarbonyl (C=S) groups is 1. The Hall–Kier alpha value is -2.44. The number of thioether (sulfide) groups is 1. The van der Waals surface area contributed by atoms with Crippen molar-refractivity contribution in [2.75, 3.05) is 12.0 Å². The second kappa shape index (κ2) is 9.17. The molecule has 1 aliphatic heterocycles. The van der Waals surface area contributed by atoms with E-state index < -0.39 is 0 Å². The van der Waals surface area contributed by atoms with E-state index in [9.17, 15) is 9.59 Å². The molecule has 0 aliphatic carbocycles. The topological polar surface area (TPSA) is 46.6 Å². The first kappa shape index (κ1) is 20.3. The average molecular weight is 412 g/mol.